The summed E-state index contributed by atoms with van der Waals surface area (Å²) in [7, 11) is 0. The van der Waals surface area contributed by atoms with Crippen LogP contribution in [0.2, 0.25) is 0 Å². The van der Waals surface area contributed by atoms with E-state index in [1.54, 1.807) is 6.20 Å². The molecule has 4 atom stereocenters. The Bertz CT molecular complexity index is 1250. The largest absolute Gasteiger partial charge is 0.480 e. The topological polar surface area (TPSA) is 195 Å². The third-order valence-electron chi connectivity index (χ3n) is 6.13. The minimum Gasteiger partial charge on any atom is -0.480 e. The first kappa shape index (κ1) is 28.4. The first-order valence-electron chi connectivity index (χ1n) is 12.5. The Labute approximate surface area is 220 Å². The predicted molar refractivity (Wildman–Crippen MR) is 141 cm³/mol. The molecule has 12 nitrogen and oxygen atoms in total. The van der Waals surface area contributed by atoms with Crippen molar-refractivity contribution in [1.29, 1.82) is 0 Å². The lowest BCUT2D eigenvalue weighted by Gasteiger charge is -2.25. The number of para-hydroxylation sites is 1. The Morgan fingerprint density at radius 2 is 1.63 bits per heavy atom. The molecule has 3 aromatic rings. The molecule has 2 heterocycles. The van der Waals surface area contributed by atoms with Crippen LogP contribution in [0.1, 0.15) is 38.4 Å². The molecule has 204 valence electrons. The molecule has 0 aliphatic heterocycles. The summed E-state index contributed by atoms with van der Waals surface area (Å²) in [6.45, 7) is 5.09. The maximum atomic E-state index is 13.3. The first-order valence-corrected chi connectivity index (χ1v) is 12.5. The highest BCUT2D eigenvalue weighted by Crippen LogP contribution is 2.19. The second-order valence-electron chi connectivity index (χ2n) is 9.77. The van der Waals surface area contributed by atoms with Crippen molar-refractivity contribution in [2.24, 2.45) is 11.7 Å². The predicted octanol–water partition coefficient (Wildman–Crippen LogP) is 0.609. The van der Waals surface area contributed by atoms with Crippen LogP contribution in [-0.4, -0.2) is 67.9 Å². The Morgan fingerprint density at radius 3 is 2.29 bits per heavy atom. The molecule has 2 aromatic heterocycles. The molecule has 0 spiro atoms. The molecule has 0 aliphatic carbocycles. The maximum Gasteiger partial charge on any atom is 0.325 e. The van der Waals surface area contributed by atoms with Gasteiger partial charge in [0, 0.05) is 35.4 Å². The molecule has 38 heavy (non-hydrogen) atoms. The number of carboxylic acids is 1. The van der Waals surface area contributed by atoms with E-state index >= 15 is 0 Å². The number of imidazole rings is 1. The zero-order chi connectivity index (χ0) is 27.8. The van der Waals surface area contributed by atoms with Crippen LogP contribution >= 0.6 is 0 Å². The fourth-order valence-electron chi connectivity index (χ4n) is 4.09. The molecular formula is C26H35N7O5. The number of fused-ring (bicyclic) bond motifs is 1. The number of hydrogen-bond donors (Lipinski definition) is 7. The Morgan fingerprint density at radius 1 is 0.947 bits per heavy atom. The van der Waals surface area contributed by atoms with Gasteiger partial charge in [0.1, 0.15) is 18.1 Å². The molecule has 8 N–H and O–H groups in total. The van der Waals surface area contributed by atoms with Crippen molar-refractivity contribution in [2.45, 2.75) is 64.2 Å². The molecule has 0 fully saturated rings. The fraction of sp³-hybridized carbons (Fsp3) is 0.423. The minimum atomic E-state index is -1.19. The summed E-state index contributed by atoms with van der Waals surface area (Å²) < 4.78 is 0. The average molecular weight is 526 g/mol. The first-order chi connectivity index (χ1) is 18.0. The second-order valence-corrected chi connectivity index (χ2v) is 9.77. The van der Waals surface area contributed by atoms with E-state index in [1.165, 1.54) is 19.4 Å². The van der Waals surface area contributed by atoms with E-state index in [-0.39, 0.29) is 25.2 Å². The number of nitrogens with one attached hydrogen (secondary N) is 5. The van der Waals surface area contributed by atoms with Crippen LogP contribution in [0.3, 0.4) is 0 Å². The second kappa shape index (κ2) is 12.9. The number of nitrogens with two attached hydrogens (primary N) is 1. The average Bonchev–Trinajstić information content (AvgIpc) is 3.52. The zero-order valence-electron chi connectivity index (χ0n) is 21.7. The number of aromatic amines is 2. The molecule has 4 unspecified atom stereocenters. The highest BCUT2D eigenvalue weighted by atomic mass is 16.4. The number of rotatable bonds is 13. The number of H-pyrrole nitrogens is 2. The van der Waals surface area contributed by atoms with Crippen LogP contribution in [0, 0.1) is 5.92 Å². The summed E-state index contributed by atoms with van der Waals surface area (Å²) >= 11 is 0. The number of benzene rings is 1. The molecule has 0 radical (unpaired) electrons. The summed E-state index contributed by atoms with van der Waals surface area (Å²) in [5.41, 5.74) is 8.62. The smallest absolute Gasteiger partial charge is 0.325 e. The van der Waals surface area contributed by atoms with Gasteiger partial charge in [-0.2, -0.15) is 0 Å². The number of nitrogens with zero attached hydrogens (tertiary/aromatic N) is 1. The Kier molecular flexibility index (Phi) is 9.61. The van der Waals surface area contributed by atoms with Gasteiger partial charge in [0.25, 0.3) is 0 Å². The summed E-state index contributed by atoms with van der Waals surface area (Å²) in [4.78, 5) is 60.4. The van der Waals surface area contributed by atoms with Crippen molar-refractivity contribution in [3.63, 3.8) is 0 Å². The standard InChI is InChI=1S/C26H35N7O5/c1-14(2)8-21(24(35)31-15(3)26(37)38)33-25(36)22(10-17-12-28-13-30-17)32-23(34)19(27)9-16-11-29-20-7-5-4-6-18(16)20/h4-7,11-15,19,21-22,29H,8-10,27H2,1-3H3,(H,28,30)(H,31,35)(H,32,34)(H,33,36)(H,37,38). The molecule has 0 saturated heterocycles. The van der Waals surface area contributed by atoms with E-state index in [4.69, 9.17) is 10.8 Å². The van der Waals surface area contributed by atoms with Gasteiger partial charge in [-0.05, 0) is 37.3 Å². The van der Waals surface area contributed by atoms with Crippen LogP contribution in [0.5, 0.6) is 0 Å². The van der Waals surface area contributed by atoms with Crippen LogP contribution in [0.4, 0.5) is 0 Å². The van der Waals surface area contributed by atoms with Gasteiger partial charge in [-0.25, -0.2) is 4.98 Å². The van der Waals surface area contributed by atoms with Gasteiger partial charge in [0.15, 0.2) is 0 Å². The number of aliphatic carboxylic acids is 1. The van der Waals surface area contributed by atoms with Gasteiger partial charge in [-0.3, -0.25) is 19.2 Å². The SMILES string of the molecule is CC(C)CC(NC(=O)C(Cc1cnc[nH]1)NC(=O)C(N)Cc1c[nH]c2ccccc12)C(=O)NC(C)C(=O)O. The molecule has 0 aliphatic rings. The quantitative estimate of drug-likeness (QED) is 0.170. The van der Waals surface area contributed by atoms with Crippen LogP contribution in [-0.2, 0) is 32.0 Å². The van der Waals surface area contributed by atoms with E-state index in [9.17, 15) is 19.2 Å². The van der Waals surface area contributed by atoms with Crippen molar-refractivity contribution in [3.8, 4) is 0 Å². The third-order valence-corrected chi connectivity index (χ3v) is 6.13. The van der Waals surface area contributed by atoms with Crippen LogP contribution in [0.25, 0.3) is 10.9 Å². The lowest BCUT2D eigenvalue weighted by Crippen LogP contribution is -2.57. The number of hydrogen-bond acceptors (Lipinski definition) is 6. The number of carboxylic acid groups (broad SMARTS) is 1. The van der Waals surface area contributed by atoms with Crippen LogP contribution < -0.4 is 21.7 Å². The fourth-order valence-corrected chi connectivity index (χ4v) is 4.09. The van der Waals surface area contributed by atoms with E-state index in [2.05, 4.69) is 30.9 Å². The van der Waals surface area contributed by atoms with Crippen LogP contribution in [0.15, 0.2) is 43.0 Å². The molecule has 0 bridgehead atoms. The van der Waals surface area contributed by atoms with Gasteiger partial charge < -0.3 is 36.8 Å². The van der Waals surface area contributed by atoms with Crippen molar-refractivity contribution in [1.82, 2.24) is 30.9 Å². The monoisotopic (exact) mass is 525 g/mol. The normalized spacial score (nSPS) is 14.4. The maximum absolute atomic E-state index is 13.3. The van der Waals surface area contributed by atoms with Crippen molar-refractivity contribution < 1.29 is 24.3 Å². The molecule has 12 heteroatoms. The van der Waals surface area contributed by atoms with E-state index in [0.29, 0.717) is 5.69 Å². The van der Waals surface area contributed by atoms with E-state index in [0.717, 1.165) is 16.5 Å². The molecule has 3 amide bonds. The third kappa shape index (κ3) is 7.65. The zero-order valence-corrected chi connectivity index (χ0v) is 21.7. The summed E-state index contributed by atoms with van der Waals surface area (Å²) in [6, 6.07) is 3.55. The molecule has 1 aromatic carbocycles. The van der Waals surface area contributed by atoms with Crippen molar-refractivity contribution >= 4 is 34.6 Å². The highest BCUT2D eigenvalue weighted by Gasteiger charge is 2.30. The molecular weight excluding hydrogens is 490 g/mol. The lowest BCUT2D eigenvalue weighted by molar-refractivity contribution is -0.141. The minimum absolute atomic E-state index is 0.0245. The van der Waals surface area contributed by atoms with Gasteiger partial charge in [-0.1, -0.05) is 32.0 Å². The van der Waals surface area contributed by atoms with Crippen molar-refractivity contribution in [2.75, 3.05) is 0 Å². The Hall–Kier alpha value is -4.19. The van der Waals surface area contributed by atoms with Gasteiger partial charge in [-0.15, -0.1) is 0 Å². The van der Waals surface area contributed by atoms with Gasteiger partial charge in [0.2, 0.25) is 17.7 Å². The number of amides is 3. The number of aromatic nitrogens is 3. The number of carbonyl (C=O) groups excluding carboxylic acids is 3. The summed E-state index contributed by atoms with van der Waals surface area (Å²) in [5, 5.41) is 17.9. The summed E-state index contributed by atoms with van der Waals surface area (Å²) in [5.74, 6) is -2.92. The molecule has 0 saturated carbocycles. The highest BCUT2D eigenvalue weighted by molar-refractivity contribution is 5.94. The van der Waals surface area contributed by atoms with E-state index in [1.807, 2.05) is 38.1 Å². The van der Waals surface area contributed by atoms with Crippen molar-refractivity contribution in [3.05, 3.63) is 54.2 Å². The Balaban J connectivity index is 1.73. The lowest BCUT2D eigenvalue weighted by atomic mass is 10.0. The van der Waals surface area contributed by atoms with Gasteiger partial charge >= 0.3 is 5.97 Å². The van der Waals surface area contributed by atoms with Gasteiger partial charge in [0.05, 0.1) is 12.4 Å². The molecule has 3 rings (SSSR count). The summed E-state index contributed by atoms with van der Waals surface area (Å²) in [6.07, 6.45) is 5.40. The number of carbonyl (C=O) groups is 4. The van der Waals surface area contributed by atoms with E-state index < -0.39 is 47.9 Å².